The van der Waals surface area contributed by atoms with Crippen LogP contribution in [0.4, 0.5) is 18.0 Å². The Balaban J connectivity index is 2.41. The fourth-order valence-electron chi connectivity index (χ4n) is 2.78. The Morgan fingerprint density at radius 2 is 2.15 bits per heavy atom. The highest BCUT2D eigenvalue weighted by Gasteiger charge is 2.56. The predicted molar refractivity (Wildman–Crippen MR) is 89.7 cm³/mol. The van der Waals surface area contributed by atoms with Crippen molar-refractivity contribution >= 4 is 17.7 Å². The maximum Gasteiger partial charge on any atom is 0.410 e. The van der Waals surface area contributed by atoms with Crippen molar-refractivity contribution in [2.75, 3.05) is 6.54 Å². The maximum absolute atomic E-state index is 14.3. The molecule has 6 nitrogen and oxygen atoms in total. The lowest BCUT2D eigenvalue weighted by atomic mass is 9.99. The fourth-order valence-corrected chi connectivity index (χ4v) is 2.97. The summed E-state index contributed by atoms with van der Waals surface area (Å²) in [6.07, 6.45) is -1.29. The second kappa shape index (κ2) is 7.25. The zero-order valence-electron chi connectivity index (χ0n) is 14.4. The van der Waals surface area contributed by atoms with Crippen molar-refractivity contribution in [2.24, 2.45) is 5.11 Å². The van der Waals surface area contributed by atoms with Crippen LogP contribution in [0, 0.1) is 5.82 Å². The molecule has 26 heavy (non-hydrogen) atoms. The van der Waals surface area contributed by atoms with Gasteiger partial charge in [-0.25, -0.2) is 18.0 Å². The second-order valence-electron chi connectivity index (χ2n) is 7.00. The van der Waals surface area contributed by atoms with Gasteiger partial charge in [0.2, 0.25) is 0 Å². The summed E-state index contributed by atoms with van der Waals surface area (Å²) in [5, 5.41) is 2.99. The molecule has 1 aliphatic heterocycles. The normalized spacial score (nSPS) is 22.0. The van der Waals surface area contributed by atoms with E-state index in [4.69, 9.17) is 21.9 Å². The van der Waals surface area contributed by atoms with Crippen LogP contribution in [0.3, 0.4) is 0 Å². The molecule has 0 N–H and O–H groups in total. The minimum Gasteiger partial charge on any atom is -0.444 e. The molecule has 0 aliphatic carbocycles. The van der Waals surface area contributed by atoms with Crippen molar-refractivity contribution in [3.05, 3.63) is 45.0 Å². The van der Waals surface area contributed by atoms with E-state index in [1.807, 2.05) is 0 Å². The molecule has 0 bridgehead atoms. The first-order chi connectivity index (χ1) is 12.0. The van der Waals surface area contributed by atoms with E-state index in [-0.39, 0.29) is 17.0 Å². The summed E-state index contributed by atoms with van der Waals surface area (Å²) in [6.45, 7) is 3.79. The number of azide groups is 1. The Labute approximate surface area is 153 Å². The first-order valence-corrected chi connectivity index (χ1v) is 8.18. The Bertz CT molecular complexity index is 748. The van der Waals surface area contributed by atoms with E-state index in [0.29, 0.717) is 0 Å². The molecule has 1 fully saturated rings. The van der Waals surface area contributed by atoms with Gasteiger partial charge in [-0.2, -0.15) is 0 Å². The molecule has 10 heteroatoms. The molecular weight excluding hydrogens is 373 g/mol. The first-order valence-electron chi connectivity index (χ1n) is 7.81. The summed E-state index contributed by atoms with van der Waals surface area (Å²) >= 11 is 5.73. The monoisotopic (exact) mass is 390 g/mol. The molecule has 0 unspecified atom stereocenters. The van der Waals surface area contributed by atoms with Gasteiger partial charge in [0.25, 0.3) is 5.92 Å². The smallest absolute Gasteiger partial charge is 0.410 e. The number of carbonyl (C=O) groups is 1. The maximum atomic E-state index is 14.3. The van der Waals surface area contributed by atoms with Gasteiger partial charge >= 0.3 is 6.09 Å². The number of hydrogen-bond acceptors (Lipinski definition) is 3. The Morgan fingerprint density at radius 3 is 2.73 bits per heavy atom. The van der Waals surface area contributed by atoms with Crippen LogP contribution in [0.5, 0.6) is 0 Å². The molecule has 1 aromatic carbocycles. The Kier molecular flexibility index (Phi) is 5.63. The van der Waals surface area contributed by atoms with Crippen LogP contribution in [-0.2, 0) is 11.2 Å². The van der Waals surface area contributed by atoms with Gasteiger partial charge in [0, 0.05) is 4.91 Å². The number of benzene rings is 1. The molecule has 1 saturated heterocycles. The predicted octanol–water partition coefficient (Wildman–Crippen LogP) is 4.96. The van der Waals surface area contributed by atoms with Crippen molar-refractivity contribution in [3.63, 3.8) is 0 Å². The number of ether oxygens (including phenoxy) is 1. The summed E-state index contributed by atoms with van der Waals surface area (Å²) in [5.41, 5.74) is 7.77. The van der Waals surface area contributed by atoms with Crippen LogP contribution in [0.1, 0.15) is 26.3 Å². The zero-order chi connectivity index (χ0) is 19.7. The molecule has 1 aliphatic rings. The highest BCUT2D eigenvalue weighted by molar-refractivity contribution is 6.30. The first kappa shape index (κ1) is 20.2. The van der Waals surface area contributed by atoms with Crippen molar-refractivity contribution in [3.8, 4) is 0 Å². The molecule has 0 radical (unpaired) electrons. The average Bonchev–Trinajstić information content (AvgIpc) is 2.75. The van der Waals surface area contributed by atoms with E-state index >= 15 is 0 Å². The lowest BCUT2D eigenvalue weighted by Gasteiger charge is -2.29. The summed E-state index contributed by atoms with van der Waals surface area (Å²) in [4.78, 5) is 15.6. The van der Waals surface area contributed by atoms with Crippen molar-refractivity contribution in [2.45, 2.75) is 50.8 Å². The van der Waals surface area contributed by atoms with Crippen LogP contribution in [-0.4, -0.2) is 41.1 Å². The molecule has 2 rings (SSSR count). The van der Waals surface area contributed by atoms with Crippen LogP contribution < -0.4 is 0 Å². The molecule has 0 aromatic heterocycles. The molecule has 2 atom stereocenters. The summed E-state index contributed by atoms with van der Waals surface area (Å²) < 4.78 is 48.0. The zero-order valence-corrected chi connectivity index (χ0v) is 15.2. The SMILES string of the molecule is CC(C)(C)OC(=O)N1CC(F)(F)[C@H](N=[N+]=[N-])[C@@H]1Cc1cccc(Cl)c1F. The molecule has 1 heterocycles. The van der Waals surface area contributed by atoms with Crippen LogP contribution in [0.15, 0.2) is 23.3 Å². The number of likely N-dealkylation sites (tertiary alicyclic amines) is 1. The number of hydrogen-bond donors (Lipinski definition) is 0. The van der Waals surface area contributed by atoms with Gasteiger partial charge in [-0.15, -0.1) is 0 Å². The highest BCUT2D eigenvalue weighted by atomic mass is 35.5. The van der Waals surface area contributed by atoms with E-state index in [1.165, 1.54) is 18.2 Å². The van der Waals surface area contributed by atoms with Gasteiger partial charge < -0.3 is 4.74 Å². The van der Waals surface area contributed by atoms with Crippen LogP contribution >= 0.6 is 11.6 Å². The molecule has 142 valence electrons. The largest absolute Gasteiger partial charge is 0.444 e. The van der Waals surface area contributed by atoms with Gasteiger partial charge in [-0.05, 0) is 44.4 Å². The Morgan fingerprint density at radius 1 is 1.50 bits per heavy atom. The van der Waals surface area contributed by atoms with Gasteiger partial charge in [0.05, 0.1) is 17.6 Å². The van der Waals surface area contributed by atoms with E-state index in [1.54, 1.807) is 20.8 Å². The van der Waals surface area contributed by atoms with E-state index in [9.17, 15) is 18.0 Å². The van der Waals surface area contributed by atoms with Crippen LogP contribution in [0.25, 0.3) is 10.4 Å². The quantitative estimate of drug-likeness (QED) is 0.415. The molecule has 1 amide bonds. The number of halogens is 4. The average molecular weight is 391 g/mol. The van der Waals surface area contributed by atoms with Gasteiger partial charge in [-0.3, -0.25) is 4.90 Å². The number of amides is 1. The molecule has 0 saturated carbocycles. The van der Waals surface area contributed by atoms with E-state index in [2.05, 4.69) is 10.0 Å². The Hall–Kier alpha value is -2.12. The van der Waals surface area contributed by atoms with Crippen molar-refractivity contribution in [1.29, 1.82) is 0 Å². The summed E-state index contributed by atoms with van der Waals surface area (Å²) in [7, 11) is 0. The van der Waals surface area contributed by atoms with Gasteiger partial charge in [0.1, 0.15) is 17.5 Å². The number of rotatable bonds is 3. The summed E-state index contributed by atoms with van der Waals surface area (Å²) in [6, 6.07) is 1.04. The van der Waals surface area contributed by atoms with Crippen molar-refractivity contribution < 1.29 is 22.7 Å². The standard InChI is InChI=1S/C16H18ClF3N4O2/c1-15(2,3)26-14(25)24-8-16(19,20)13(22-23-21)11(24)7-9-5-4-6-10(17)12(9)18/h4-6,11,13H,7-8H2,1-3H3/t11-,13+/m0/s1. The molecule has 0 spiro atoms. The molecular formula is C16H18ClF3N4O2. The molecule has 1 aromatic rings. The number of alkyl halides is 2. The van der Waals surface area contributed by atoms with Crippen LogP contribution in [0.2, 0.25) is 5.02 Å². The third-order valence-electron chi connectivity index (χ3n) is 3.84. The lowest BCUT2D eigenvalue weighted by molar-refractivity contribution is -0.00932. The highest BCUT2D eigenvalue weighted by Crippen LogP contribution is 2.38. The third kappa shape index (κ3) is 4.34. The van der Waals surface area contributed by atoms with Crippen molar-refractivity contribution in [1.82, 2.24) is 4.90 Å². The van der Waals surface area contributed by atoms with Gasteiger partial charge in [0.15, 0.2) is 0 Å². The fraction of sp³-hybridized carbons (Fsp3) is 0.562. The van der Waals surface area contributed by atoms with E-state index < -0.39 is 42.1 Å². The number of nitrogens with zero attached hydrogens (tertiary/aromatic N) is 4. The second-order valence-corrected chi connectivity index (χ2v) is 7.41. The van der Waals surface area contributed by atoms with E-state index in [0.717, 1.165) is 4.90 Å². The van der Waals surface area contributed by atoms with Gasteiger partial charge in [-0.1, -0.05) is 28.8 Å². The lowest BCUT2D eigenvalue weighted by Crippen LogP contribution is -2.43. The third-order valence-corrected chi connectivity index (χ3v) is 4.14. The number of carbonyl (C=O) groups excluding carboxylic acids is 1. The minimum atomic E-state index is -3.47. The minimum absolute atomic E-state index is 0.0342. The summed E-state index contributed by atoms with van der Waals surface area (Å²) in [5.74, 6) is -4.24. The topological polar surface area (TPSA) is 78.3 Å².